The van der Waals surface area contributed by atoms with Crippen LogP contribution in [0.15, 0.2) is 0 Å². The van der Waals surface area contributed by atoms with Gasteiger partial charge in [0.15, 0.2) is 0 Å². The summed E-state index contributed by atoms with van der Waals surface area (Å²) in [7, 11) is -1.96. The molecule has 0 radical (unpaired) electrons. The van der Waals surface area contributed by atoms with Gasteiger partial charge in [0.1, 0.15) is 16.5 Å². The van der Waals surface area contributed by atoms with Crippen LogP contribution in [0.1, 0.15) is 2.85 Å². The predicted molar refractivity (Wildman–Crippen MR) is 57.8 cm³/mol. The van der Waals surface area contributed by atoms with Crippen LogP contribution in [0.4, 0.5) is 0 Å². The second-order valence-electron chi connectivity index (χ2n) is 4.62. The summed E-state index contributed by atoms with van der Waals surface area (Å²) >= 11 is 0. The summed E-state index contributed by atoms with van der Waals surface area (Å²) in [6.07, 6.45) is 0. The average molecular weight is 188 g/mol. The van der Waals surface area contributed by atoms with Gasteiger partial charge in [0.2, 0.25) is 0 Å². The van der Waals surface area contributed by atoms with Crippen LogP contribution < -0.4 is 4.65 Å². The molecular formula is C6H21MgNSi2. The van der Waals surface area contributed by atoms with Crippen LogP contribution in [-0.4, -0.2) is 39.5 Å². The molecule has 0 bridgehead atoms. The molecule has 4 heteroatoms. The molecule has 0 saturated heterocycles. The van der Waals surface area contributed by atoms with E-state index in [1.165, 1.54) is 0 Å². The first-order chi connectivity index (χ1) is 3.71. The van der Waals surface area contributed by atoms with Gasteiger partial charge in [0.25, 0.3) is 0 Å². The maximum Gasteiger partial charge on any atom is 2.00 e. The van der Waals surface area contributed by atoms with Gasteiger partial charge in [-0.15, -0.1) is 0 Å². The van der Waals surface area contributed by atoms with Crippen LogP contribution in [0.25, 0.3) is 0 Å². The van der Waals surface area contributed by atoms with Gasteiger partial charge in [-0.05, 0) is 0 Å². The molecule has 0 aliphatic heterocycles. The Morgan fingerprint density at radius 2 is 1.00 bits per heavy atom. The van der Waals surface area contributed by atoms with Crippen molar-refractivity contribution >= 4 is 39.5 Å². The summed E-state index contributed by atoms with van der Waals surface area (Å²) in [6.45, 7) is 14.1. The van der Waals surface area contributed by atoms with E-state index in [1.54, 1.807) is 0 Å². The van der Waals surface area contributed by atoms with E-state index in [4.69, 9.17) is 0 Å². The smallest absolute Gasteiger partial charge is 1.00 e. The zero-order chi connectivity index (χ0) is 7.71. The van der Waals surface area contributed by atoms with Gasteiger partial charge < -0.3 is 7.50 Å². The number of hydrogen-bond donors (Lipinski definition) is 1. The molecule has 0 fully saturated rings. The summed E-state index contributed by atoms with van der Waals surface area (Å²) in [4.78, 5) is 0. The molecule has 0 aromatic carbocycles. The molecule has 0 spiro atoms. The molecule has 60 valence electrons. The molecule has 0 saturated carbocycles. The van der Waals surface area contributed by atoms with Crippen molar-refractivity contribution in [3.8, 4) is 0 Å². The van der Waals surface area contributed by atoms with Crippen LogP contribution in [-0.2, 0) is 0 Å². The molecule has 0 aromatic heterocycles. The Morgan fingerprint density at radius 1 is 0.800 bits per heavy atom. The largest absolute Gasteiger partial charge is 2.00 e. The number of hydrogen-bond acceptors (Lipinski definition) is 1. The van der Waals surface area contributed by atoms with E-state index in [0.717, 1.165) is 0 Å². The predicted octanol–water partition coefficient (Wildman–Crippen LogP) is 2.09. The van der Waals surface area contributed by atoms with Crippen LogP contribution in [0, 0.1) is 0 Å². The fourth-order valence-electron chi connectivity index (χ4n) is 1.12. The summed E-state index contributed by atoms with van der Waals surface area (Å²) in [5, 5.41) is 0. The first-order valence-corrected chi connectivity index (χ1v) is 10.5. The van der Waals surface area contributed by atoms with Gasteiger partial charge in [-0.25, -0.2) is 0 Å². The van der Waals surface area contributed by atoms with Crippen LogP contribution in [0.2, 0.25) is 39.3 Å². The zero-order valence-electron chi connectivity index (χ0n) is 10.2. The average Bonchev–Trinajstić information content (AvgIpc) is 1.14. The Balaban J connectivity index is -0.000000107. The van der Waals surface area contributed by atoms with Crippen molar-refractivity contribution in [3.05, 3.63) is 0 Å². The molecule has 0 aliphatic carbocycles. The minimum Gasteiger partial charge on any atom is -1.00 e. The van der Waals surface area contributed by atoms with E-state index in [9.17, 15) is 0 Å². The van der Waals surface area contributed by atoms with E-state index in [1.807, 2.05) is 0 Å². The Morgan fingerprint density at radius 3 is 1.00 bits per heavy atom. The fourth-order valence-corrected chi connectivity index (χ4v) is 10.1. The first kappa shape index (κ1) is 13.7. The van der Waals surface area contributed by atoms with E-state index in [-0.39, 0.29) is 25.9 Å². The summed E-state index contributed by atoms with van der Waals surface area (Å²) in [6, 6.07) is 0. The third-order valence-electron chi connectivity index (χ3n) is 0.750. The molecule has 0 amide bonds. The van der Waals surface area contributed by atoms with E-state index in [0.29, 0.717) is 0 Å². The van der Waals surface area contributed by atoms with Crippen molar-refractivity contribution in [1.82, 2.24) is 4.65 Å². The number of rotatable bonds is 2. The molecule has 0 atom stereocenters. The van der Waals surface area contributed by atoms with Crippen molar-refractivity contribution in [3.63, 3.8) is 0 Å². The third kappa shape index (κ3) is 11.9. The van der Waals surface area contributed by atoms with Crippen LogP contribution in [0.5, 0.6) is 0 Å². The molecule has 0 unspecified atom stereocenters. The molecular weight excluding hydrogens is 167 g/mol. The van der Waals surface area contributed by atoms with Gasteiger partial charge in [-0.2, -0.15) is 0 Å². The van der Waals surface area contributed by atoms with Gasteiger partial charge in [-0.3, -0.25) is 0 Å². The van der Waals surface area contributed by atoms with E-state index >= 15 is 0 Å². The third-order valence-corrected chi connectivity index (χ3v) is 6.75. The fraction of sp³-hybridized carbons (Fsp3) is 1.00. The molecule has 0 rings (SSSR count). The van der Waals surface area contributed by atoms with Gasteiger partial charge >= 0.3 is 23.1 Å². The SMILES string of the molecule is C[Si](C)(C)N[Si](C)(C)C.[H-].[H-].[Mg+2]. The summed E-state index contributed by atoms with van der Waals surface area (Å²) in [5.74, 6) is 0. The van der Waals surface area contributed by atoms with E-state index < -0.39 is 16.5 Å². The van der Waals surface area contributed by atoms with Gasteiger partial charge in [0, 0.05) is 0 Å². The second kappa shape index (κ2) is 4.25. The number of nitrogens with one attached hydrogen (secondary N) is 1. The molecule has 10 heavy (non-hydrogen) atoms. The monoisotopic (exact) mass is 187 g/mol. The Hall–Kier alpha value is 1.16. The van der Waals surface area contributed by atoms with Crippen molar-refractivity contribution < 1.29 is 2.85 Å². The molecule has 0 aromatic rings. The summed E-state index contributed by atoms with van der Waals surface area (Å²) in [5.41, 5.74) is 0. The van der Waals surface area contributed by atoms with Crippen molar-refractivity contribution in [1.29, 1.82) is 0 Å². The Kier molecular flexibility index (Phi) is 5.84. The normalized spacial score (nSPS) is 12.6. The van der Waals surface area contributed by atoms with E-state index in [2.05, 4.69) is 43.9 Å². The Labute approximate surface area is 86.3 Å². The van der Waals surface area contributed by atoms with Crippen molar-refractivity contribution in [2.75, 3.05) is 0 Å². The maximum absolute atomic E-state index is 3.74. The van der Waals surface area contributed by atoms with Crippen LogP contribution >= 0.6 is 0 Å². The van der Waals surface area contributed by atoms with Crippen LogP contribution in [0.3, 0.4) is 0 Å². The quantitative estimate of drug-likeness (QED) is 0.653. The topological polar surface area (TPSA) is 12.0 Å². The molecule has 1 nitrogen and oxygen atoms in total. The second-order valence-corrected chi connectivity index (χ2v) is 14.6. The molecule has 0 heterocycles. The van der Waals surface area contributed by atoms with Gasteiger partial charge in [0.05, 0.1) is 0 Å². The summed E-state index contributed by atoms with van der Waals surface area (Å²) < 4.78 is 3.74. The molecule has 1 N–H and O–H groups in total. The minimum atomic E-state index is -0.981. The van der Waals surface area contributed by atoms with Gasteiger partial charge in [-0.1, -0.05) is 39.3 Å². The standard InChI is InChI=1S/C6H19NSi2.Mg.2H/c1-8(2,3)7-9(4,5)6;;;/h7H,1-6H3;;;/q;+2;2*-1. The molecule has 0 aliphatic rings. The minimum absolute atomic E-state index is 0. The van der Waals surface area contributed by atoms with Crippen molar-refractivity contribution in [2.45, 2.75) is 39.3 Å². The first-order valence-electron chi connectivity index (χ1n) is 3.50. The zero-order valence-corrected chi connectivity index (χ0v) is 11.6. The Bertz CT molecular complexity index is 88.7. The maximum atomic E-state index is 3.74. The van der Waals surface area contributed by atoms with Crippen molar-refractivity contribution in [2.24, 2.45) is 0 Å².